The summed E-state index contributed by atoms with van der Waals surface area (Å²) in [5.41, 5.74) is 0. The maximum absolute atomic E-state index is 10.8. The Hall–Kier alpha value is -0.410. The van der Waals surface area contributed by atoms with Crippen LogP contribution in [0.2, 0.25) is 0 Å². The number of hydrogen-bond donors (Lipinski definition) is 2. The van der Waals surface area contributed by atoms with Gasteiger partial charge in [-0.15, -0.1) is 0 Å². The SMILES string of the molecule is CC.CC(=O)C(O)C1CCCCN1. The molecule has 0 aliphatic carbocycles. The molecule has 0 saturated carbocycles. The van der Waals surface area contributed by atoms with E-state index in [9.17, 15) is 9.90 Å². The molecule has 1 aliphatic rings. The normalized spacial score (nSPS) is 24.2. The fourth-order valence-corrected chi connectivity index (χ4v) is 1.43. The summed E-state index contributed by atoms with van der Waals surface area (Å²) in [5.74, 6) is -0.135. The lowest BCUT2D eigenvalue weighted by Gasteiger charge is -2.26. The van der Waals surface area contributed by atoms with Gasteiger partial charge in [-0.3, -0.25) is 4.79 Å². The van der Waals surface area contributed by atoms with Gasteiger partial charge in [-0.25, -0.2) is 0 Å². The second-order valence-corrected chi connectivity index (χ2v) is 3.11. The minimum Gasteiger partial charge on any atom is -0.384 e. The lowest BCUT2D eigenvalue weighted by molar-refractivity contribution is -0.126. The van der Waals surface area contributed by atoms with Crippen molar-refractivity contribution < 1.29 is 9.90 Å². The minimum absolute atomic E-state index is 0.00116. The van der Waals surface area contributed by atoms with Crippen molar-refractivity contribution in [2.24, 2.45) is 0 Å². The molecule has 3 nitrogen and oxygen atoms in total. The lowest BCUT2D eigenvalue weighted by Crippen LogP contribution is -2.46. The maximum Gasteiger partial charge on any atom is 0.159 e. The molecular weight excluding hydrogens is 166 g/mol. The van der Waals surface area contributed by atoms with E-state index in [1.165, 1.54) is 6.92 Å². The molecule has 0 spiro atoms. The molecule has 1 saturated heterocycles. The molecule has 78 valence electrons. The summed E-state index contributed by atoms with van der Waals surface area (Å²) < 4.78 is 0. The van der Waals surface area contributed by atoms with Crippen molar-refractivity contribution in [2.75, 3.05) is 6.54 Å². The molecule has 1 aliphatic heterocycles. The van der Waals surface area contributed by atoms with Crippen LogP contribution in [0.3, 0.4) is 0 Å². The zero-order valence-electron chi connectivity index (χ0n) is 8.84. The molecule has 13 heavy (non-hydrogen) atoms. The van der Waals surface area contributed by atoms with Crippen molar-refractivity contribution in [3.8, 4) is 0 Å². The number of aliphatic hydroxyl groups excluding tert-OH is 1. The summed E-state index contributed by atoms with van der Waals surface area (Å²) in [6.07, 6.45) is 2.39. The second-order valence-electron chi connectivity index (χ2n) is 3.11. The van der Waals surface area contributed by atoms with Gasteiger partial charge >= 0.3 is 0 Å². The van der Waals surface area contributed by atoms with Crippen molar-refractivity contribution in [1.82, 2.24) is 5.32 Å². The standard InChI is InChI=1S/C8H15NO2.C2H6/c1-6(10)8(11)7-4-2-3-5-9-7;1-2/h7-9,11H,2-5H2,1H3;1-2H3. The fraction of sp³-hybridized carbons (Fsp3) is 0.900. The molecular formula is C10H21NO2. The van der Waals surface area contributed by atoms with Crippen molar-refractivity contribution in [2.45, 2.75) is 52.2 Å². The molecule has 2 unspecified atom stereocenters. The zero-order valence-corrected chi connectivity index (χ0v) is 8.84. The topological polar surface area (TPSA) is 49.3 Å². The van der Waals surface area contributed by atoms with Crippen LogP contribution in [-0.4, -0.2) is 29.6 Å². The number of ketones is 1. The molecule has 2 N–H and O–H groups in total. The number of rotatable bonds is 2. The molecule has 0 bridgehead atoms. The van der Waals surface area contributed by atoms with Crippen LogP contribution in [0.25, 0.3) is 0 Å². The Kier molecular flexibility index (Phi) is 6.82. The third-order valence-electron chi connectivity index (χ3n) is 2.15. The number of aliphatic hydroxyl groups is 1. The Balaban J connectivity index is 0.000000671. The molecule has 0 amide bonds. The first-order chi connectivity index (χ1) is 6.22. The number of hydrogen-bond acceptors (Lipinski definition) is 3. The van der Waals surface area contributed by atoms with E-state index < -0.39 is 6.10 Å². The van der Waals surface area contributed by atoms with Crippen LogP contribution >= 0.6 is 0 Å². The van der Waals surface area contributed by atoms with Crippen LogP contribution in [0.4, 0.5) is 0 Å². The van der Waals surface area contributed by atoms with E-state index in [1.807, 2.05) is 13.8 Å². The molecule has 0 radical (unpaired) electrons. The molecule has 2 atom stereocenters. The smallest absolute Gasteiger partial charge is 0.159 e. The van der Waals surface area contributed by atoms with Crippen LogP contribution in [0, 0.1) is 0 Å². The Morgan fingerprint density at radius 3 is 2.46 bits per heavy atom. The van der Waals surface area contributed by atoms with Gasteiger partial charge in [-0.05, 0) is 26.3 Å². The van der Waals surface area contributed by atoms with Crippen LogP contribution < -0.4 is 5.32 Å². The van der Waals surface area contributed by atoms with Gasteiger partial charge in [-0.2, -0.15) is 0 Å². The van der Waals surface area contributed by atoms with E-state index in [1.54, 1.807) is 0 Å². The average Bonchev–Trinajstić information content (AvgIpc) is 2.21. The Morgan fingerprint density at radius 1 is 1.46 bits per heavy atom. The van der Waals surface area contributed by atoms with E-state index >= 15 is 0 Å². The first-order valence-electron chi connectivity index (χ1n) is 5.13. The number of piperidine rings is 1. The predicted molar refractivity (Wildman–Crippen MR) is 53.7 cm³/mol. The number of Topliss-reactive ketones (excluding diaryl/α,β-unsaturated/α-hetero) is 1. The van der Waals surface area contributed by atoms with E-state index in [0.717, 1.165) is 25.8 Å². The fourth-order valence-electron chi connectivity index (χ4n) is 1.43. The van der Waals surface area contributed by atoms with Gasteiger partial charge in [0.15, 0.2) is 5.78 Å². The van der Waals surface area contributed by atoms with Crippen LogP contribution in [0.5, 0.6) is 0 Å². The van der Waals surface area contributed by atoms with E-state index in [4.69, 9.17) is 0 Å². The van der Waals surface area contributed by atoms with E-state index in [2.05, 4.69) is 5.32 Å². The van der Waals surface area contributed by atoms with Crippen molar-refractivity contribution in [3.05, 3.63) is 0 Å². The van der Waals surface area contributed by atoms with Crippen molar-refractivity contribution >= 4 is 5.78 Å². The molecule has 0 aromatic rings. The summed E-state index contributed by atoms with van der Waals surface area (Å²) in [6, 6.07) is 0.00116. The van der Waals surface area contributed by atoms with Crippen molar-refractivity contribution in [1.29, 1.82) is 0 Å². The molecule has 3 heteroatoms. The van der Waals surface area contributed by atoms with Crippen LogP contribution in [-0.2, 0) is 4.79 Å². The summed E-state index contributed by atoms with van der Waals surface area (Å²) in [4.78, 5) is 10.8. The highest BCUT2D eigenvalue weighted by Gasteiger charge is 2.23. The Labute approximate surface area is 80.5 Å². The average molecular weight is 187 g/mol. The summed E-state index contributed by atoms with van der Waals surface area (Å²) >= 11 is 0. The van der Waals surface area contributed by atoms with Gasteiger partial charge in [0.1, 0.15) is 6.10 Å². The number of carbonyl (C=O) groups is 1. The largest absolute Gasteiger partial charge is 0.384 e. The second kappa shape index (κ2) is 7.04. The van der Waals surface area contributed by atoms with Crippen molar-refractivity contribution in [3.63, 3.8) is 0 Å². The number of carbonyl (C=O) groups excluding carboxylic acids is 1. The van der Waals surface area contributed by atoms with E-state index in [-0.39, 0.29) is 11.8 Å². The van der Waals surface area contributed by atoms with Gasteiger partial charge in [0, 0.05) is 6.04 Å². The summed E-state index contributed by atoms with van der Waals surface area (Å²) in [7, 11) is 0. The molecule has 1 rings (SSSR count). The van der Waals surface area contributed by atoms with Crippen LogP contribution in [0.1, 0.15) is 40.0 Å². The zero-order chi connectivity index (χ0) is 10.3. The molecule has 0 aromatic heterocycles. The van der Waals surface area contributed by atoms with Crippen LogP contribution in [0.15, 0.2) is 0 Å². The quantitative estimate of drug-likeness (QED) is 0.680. The highest BCUT2D eigenvalue weighted by molar-refractivity contribution is 5.80. The van der Waals surface area contributed by atoms with Gasteiger partial charge in [0.2, 0.25) is 0 Å². The third kappa shape index (κ3) is 4.39. The first-order valence-corrected chi connectivity index (χ1v) is 5.13. The third-order valence-corrected chi connectivity index (χ3v) is 2.15. The summed E-state index contributed by atoms with van der Waals surface area (Å²) in [5, 5.41) is 12.5. The van der Waals surface area contributed by atoms with E-state index in [0.29, 0.717) is 0 Å². The maximum atomic E-state index is 10.8. The lowest BCUT2D eigenvalue weighted by atomic mass is 9.98. The Morgan fingerprint density at radius 2 is 2.08 bits per heavy atom. The van der Waals surface area contributed by atoms with Gasteiger partial charge < -0.3 is 10.4 Å². The molecule has 1 heterocycles. The highest BCUT2D eigenvalue weighted by Crippen LogP contribution is 2.10. The predicted octanol–water partition coefficient (Wildman–Crippen LogP) is 1.10. The van der Waals surface area contributed by atoms with Gasteiger partial charge in [-0.1, -0.05) is 20.3 Å². The Bertz CT molecular complexity index is 142. The highest BCUT2D eigenvalue weighted by atomic mass is 16.3. The molecule has 1 fully saturated rings. The summed E-state index contributed by atoms with van der Waals surface area (Å²) in [6.45, 7) is 6.36. The monoisotopic (exact) mass is 187 g/mol. The minimum atomic E-state index is -0.796. The number of nitrogens with one attached hydrogen (secondary N) is 1. The molecule has 0 aromatic carbocycles. The van der Waals surface area contributed by atoms with Gasteiger partial charge in [0.25, 0.3) is 0 Å². The first kappa shape index (κ1) is 12.6. The van der Waals surface area contributed by atoms with Gasteiger partial charge in [0.05, 0.1) is 0 Å².